The number of hydrogen-bond acceptors (Lipinski definition) is 3. The van der Waals surface area contributed by atoms with E-state index in [-0.39, 0.29) is 6.04 Å². The quantitative estimate of drug-likeness (QED) is 0.616. The van der Waals surface area contributed by atoms with Gasteiger partial charge < -0.3 is 10.6 Å². The molecule has 126 valence electrons. The Hall–Kier alpha value is -2.31. The second kappa shape index (κ2) is 7.80. The number of nitrogens with one attached hydrogen (secondary N) is 2. The molecule has 0 amide bonds. The molecule has 0 saturated carbocycles. The van der Waals surface area contributed by atoms with E-state index < -0.39 is 0 Å². The molecule has 0 aliphatic carbocycles. The van der Waals surface area contributed by atoms with Crippen LogP contribution >= 0.6 is 0 Å². The third-order valence-corrected chi connectivity index (χ3v) is 3.97. The van der Waals surface area contributed by atoms with Gasteiger partial charge in [0.05, 0.1) is 12.2 Å². The Morgan fingerprint density at radius 1 is 1.39 bits per heavy atom. The summed E-state index contributed by atoms with van der Waals surface area (Å²) in [5.41, 5.74) is 3.62. The summed E-state index contributed by atoms with van der Waals surface area (Å²) < 4.78 is 3.83. The molecule has 2 N–H and O–H groups in total. The molecule has 2 rings (SSSR count). The van der Waals surface area contributed by atoms with Gasteiger partial charge in [-0.25, -0.2) is 0 Å². The van der Waals surface area contributed by atoms with Crippen molar-refractivity contribution in [2.24, 2.45) is 12.0 Å². The van der Waals surface area contributed by atoms with Crippen molar-refractivity contribution in [3.8, 4) is 0 Å². The molecule has 2 aromatic heterocycles. The molecular formula is C16H27N7. The molecule has 1 atom stereocenters. The Balaban J connectivity index is 1.83. The van der Waals surface area contributed by atoms with E-state index in [2.05, 4.69) is 46.6 Å². The molecule has 0 aromatic carbocycles. The van der Waals surface area contributed by atoms with E-state index in [9.17, 15) is 0 Å². The average Bonchev–Trinajstić information content (AvgIpc) is 3.11. The molecule has 23 heavy (non-hydrogen) atoms. The maximum atomic E-state index is 4.47. The zero-order valence-corrected chi connectivity index (χ0v) is 14.7. The smallest absolute Gasteiger partial charge is 0.191 e. The fraction of sp³-hybridized carbons (Fsp3) is 0.562. The minimum absolute atomic E-state index is 0.271. The molecule has 0 bridgehead atoms. The Kier molecular flexibility index (Phi) is 5.78. The van der Waals surface area contributed by atoms with Gasteiger partial charge in [-0.3, -0.25) is 14.4 Å². The molecule has 1 unspecified atom stereocenters. The van der Waals surface area contributed by atoms with Gasteiger partial charge >= 0.3 is 0 Å². The summed E-state index contributed by atoms with van der Waals surface area (Å²) in [6.45, 7) is 7.92. The SMILES string of the molecule is CN=C(NCCn1cccn1)NC(C)Cc1c(C)nn(C)c1C. The minimum atomic E-state index is 0.271. The number of guanidine groups is 1. The lowest BCUT2D eigenvalue weighted by molar-refractivity contribution is 0.585. The number of aliphatic imine (C=N–C) groups is 1. The first-order valence-electron chi connectivity index (χ1n) is 7.95. The molecule has 0 radical (unpaired) electrons. The Morgan fingerprint density at radius 3 is 2.74 bits per heavy atom. The van der Waals surface area contributed by atoms with Gasteiger partial charge in [-0.2, -0.15) is 10.2 Å². The Bertz CT molecular complexity index is 640. The maximum Gasteiger partial charge on any atom is 0.191 e. The number of nitrogens with zero attached hydrogens (tertiary/aromatic N) is 5. The predicted molar refractivity (Wildman–Crippen MR) is 92.6 cm³/mol. The standard InChI is InChI=1S/C16H27N7/c1-12(11-15-13(2)21-22(5)14(15)3)20-16(17-4)18-8-10-23-9-6-7-19-23/h6-7,9,12H,8,10-11H2,1-5H3,(H2,17,18,20). The molecule has 0 aliphatic rings. The number of rotatable bonds is 6. The first-order chi connectivity index (χ1) is 11.0. The van der Waals surface area contributed by atoms with E-state index in [1.165, 1.54) is 11.3 Å². The predicted octanol–water partition coefficient (Wildman–Crippen LogP) is 1.03. The molecule has 7 heteroatoms. The van der Waals surface area contributed by atoms with Gasteiger partial charge in [-0.1, -0.05) is 0 Å². The van der Waals surface area contributed by atoms with Crippen molar-refractivity contribution in [3.05, 3.63) is 35.4 Å². The van der Waals surface area contributed by atoms with Crippen LogP contribution in [-0.2, 0) is 20.0 Å². The van der Waals surface area contributed by atoms with Crippen LogP contribution in [0.3, 0.4) is 0 Å². The van der Waals surface area contributed by atoms with Crippen LogP contribution in [0.5, 0.6) is 0 Å². The van der Waals surface area contributed by atoms with E-state index in [0.717, 1.165) is 31.2 Å². The fourth-order valence-corrected chi connectivity index (χ4v) is 2.62. The lowest BCUT2D eigenvalue weighted by Gasteiger charge is -2.18. The van der Waals surface area contributed by atoms with Gasteiger partial charge in [-0.05, 0) is 38.8 Å². The molecule has 2 heterocycles. The summed E-state index contributed by atoms with van der Waals surface area (Å²) in [6.07, 6.45) is 4.66. The van der Waals surface area contributed by atoms with Crippen molar-refractivity contribution in [3.63, 3.8) is 0 Å². The van der Waals surface area contributed by atoms with E-state index in [4.69, 9.17) is 0 Å². The number of aryl methyl sites for hydroxylation is 2. The molecule has 0 aliphatic heterocycles. The summed E-state index contributed by atoms with van der Waals surface area (Å²) in [4.78, 5) is 4.28. The summed E-state index contributed by atoms with van der Waals surface area (Å²) >= 11 is 0. The van der Waals surface area contributed by atoms with Crippen LogP contribution in [0, 0.1) is 13.8 Å². The summed E-state index contributed by atoms with van der Waals surface area (Å²) in [5, 5.41) is 15.4. The monoisotopic (exact) mass is 317 g/mol. The van der Waals surface area contributed by atoms with Gasteiger partial charge in [0.25, 0.3) is 0 Å². The number of aromatic nitrogens is 4. The van der Waals surface area contributed by atoms with Crippen LogP contribution in [0.4, 0.5) is 0 Å². The van der Waals surface area contributed by atoms with Crippen LogP contribution in [-0.4, -0.2) is 45.2 Å². The summed E-state index contributed by atoms with van der Waals surface area (Å²) in [5.74, 6) is 0.809. The first-order valence-corrected chi connectivity index (χ1v) is 7.95. The molecular weight excluding hydrogens is 290 g/mol. The van der Waals surface area contributed by atoms with Crippen LogP contribution in [0.1, 0.15) is 23.9 Å². The molecule has 0 fully saturated rings. The molecule has 2 aromatic rings. The highest BCUT2D eigenvalue weighted by atomic mass is 15.3. The van der Waals surface area contributed by atoms with Crippen molar-refractivity contribution in [2.45, 2.75) is 39.8 Å². The maximum absolute atomic E-state index is 4.47. The largest absolute Gasteiger partial charge is 0.355 e. The third kappa shape index (κ3) is 4.58. The van der Waals surface area contributed by atoms with Crippen molar-refractivity contribution < 1.29 is 0 Å². The highest BCUT2D eigenvalue weighted by Crippen LogP contribution is 2.13. The topological polar surface area (TPSA) is 72.1 Å². The van der Waals surface area contributed by atoms with Crippen molar-refractivity contribution in [1.82, 2.24) is 30.2 Å². The van der Waals surface area contributed by atoms with Crippen molar-refractivity contribution in [2.75, 3.05) is 13.6 Å². The zero-order chi connectivity index (χ0) is 16.8. The van der Waals surface area contributed by atoms with E-state index in [1.54, 1.807) is 13.2 Å². The fourth-order valence-electron chi connectivity index (χ4n) is 2.62. The first kappa shape index (κ1) is 17.1. The van der Waals surface area contributed by atoms with Crippen molar-refractivity contribution in [1.29, 1.82) is 0 Å². The third-order valence-electron chi connectivity index (χ3n) is 3.97. The van der Waals surface area contributed by atoms with Crippen molar-refractivity contribution >= 4 is 5.96 Å². The van der Waals surface area contributed by atoms with Gasteiger partial charge in [0.1, 0.15) is 0 Å². The minimum Gasteiger partial charge on any atom is -0.355 e. The van der Waals surface area contributed by atoms with Crippen LogP contribution in [0.25, 0.3) is 0 Å². The Morgan fingerprint density at radius 2 is 2.17 bits per heavy atom. The van der Waals surface area contributed by atoms with Gasteiger partial charge in [-0.15, -0.1) is 0 Å². The zero-order valence-electron chi connectivity index (χ0n) is 14.7. The summed E-state index contributed by atoms with van der Waals surface area (Å²) in [6, 6.07) is 2.20. The second-order valence-electron chi connectivity index (χ2n) is 5.79. The molecule has 0 spiro atoms. The van der Waals surface area contributed by atoms with Crippen LogP contribution in [0.15, 0.2) is 23.5 Å². The van der Waals surface area contributed by atoms with E-state index >= 15 is 0 Å². The number of hydrogen-bond donors (Lipinski definition) is 2. The lowest BCUT2D eigenvalue weighted by Crippen LogP contribution is -2.44. The highest BCUT2D eigenvalue weighted by Gasteiger charge is 2.13. The van der Waals surface area contributed by atoms with Gasteiger partial charge in [0, 0.05) is 44.8 Å². The highest BCUT2D eigenvalue weighted by molar-refractivity contribution is 5.79. The summed E-state index contributed by atoms with van der Waals surface area (Å²) in [7, 11) is 3.77. The van der Waals surface area contributed by atoms with E-state index in [1.807, 2.05) is 28.7 Å². The van der Waals surface area contributed by atoms with Gasteiger partial charge in [0.2, 0.25) is 0 Å². The van der Waals surface area contributed by atoms with Gasteiger partial charge in [0.15, 0.2) is 5.96 Å². The van der Waals surface area contributed by atoms with Crippen LogP contribution < -0.4 is 10.6 Å². The average molecular weight is 317 g/mol. The van der Waals surface area contributed by atoms with Crippen LogP contribution in [0.2, 0.25) is 0 Å². The van der Waals surface area contributed by atoms with E-state index in [0.29, 0.717) is 0 Å². The molecule has 7 nitrogen and oxygen atoms in total. The molecule has 0 saturated heterocycles. The Labute approximate surface area is 137 Å². The normalized spacial score (nSPS) is 13.2. The lowest BCUT2D eigenvalue weighted by atomic mass is 10.1. The second-order valence-corrected chi connectivity index (χ2v) is 5.79.